The third-order valence-corrected chi connectivity index (χ3v) is 7.13. The fourth-order valence-electron chi connectivity index (χ4n) is 4.19. The van der Waals surface area contributed by atoms with Gasteiger partial charge in [-0.25, -0.2) is 4.98 Å². The van der Waals surface area contributed by atoms with E-state index in [0.717, 1.165) is 23.4 Å². The van der Waals surface area contributed by atoms with Gasteiger partial charge in [-0.3, -0.25) is 9.59 Å². The zero-order chi connectivity index (χ0) is 23.5. The maximum Gasteiger partial charge on any atom is 0.275 e. The molecule has 2 aromatic carbocycles. The molecule has 1 N–H and O–H groups in total. The molecule has 1 amide bonds. The number of hydrogen-bond acceptors (Lipinski definition) is 6. The SMILES string of the molecule is Cc1ccc(C(=O)Nc2cccc(OCc3cc(=O)n4nc(C5CCCCC5)sc4n3)c2)cc1. The van der Waals surface area contributed by atoms with Crippen molar-refractivity contribution in [2.24, 2.45) is 0 Å². The first-order valence-electron chi connectivity index (χ1n) is 11.6. The highest BCUT2D eigenvalue weighted by molar-refractivity contribution is 7.16. The zero-order valence-corrected chi connectivity index (χ0v) is 19.8. The van der Waals surface area contributed by atoms with Gasteiger partial charge in [-0.1, -0.05) is 54.4 Å². The molecule has 2 heterocycles. The van der Waals surface area contributed by atoms with E-state index < -0.39 is 0 Å². The largest absolute Gasteiger partial charge is 0.487 e. The van der Waals surface area contributed by atoms with Crippen molar-refractivity contribution < 1.29 is 9.53 Å². The lowest BCUT2D eigenvalue weighted by atomic mass is 9.90. The number of carbonyl (C=O) groups excluding carboxylic acids is 1. The molecule has 1 fully saturated rings. The summed E-state index contributed by atoms with van der Waals surface area (Å²) in [6.45, 7) is 2.13. The van der Waals surface area contributed by atoms with Gasteiger partial charge in [-0.2, -0.15) is 9.61 Å². The zero-order valence-electron chi connectivity index (χ0n) is 19.0. The molecule has 5 rings (SSSR count). The Morgan fingerprint density at radius 1 is 1.12 bits per heavy atom. The Morgan fingerprint density at radius 2 is 1.91 bits per heavy atom. The van der Waals surface area contributed by atoms with Gasteiger partial charge in [0.1, 0.15) is 17.4 Å². The predicted molar refractivity (Wildman–Crippen MR) is 133 cm³/mol. The summed E-state index contributed by atoms with van der Waals surface area (Å²) in [6, 6.07) is 16.1. The van der Waals surface area contributed by atoms with E-state index in [1.54, 1.807) is 30.3 Å². The molecule has 8 heteroatoms. The molecule has 0 radical (unpaired) electrons. The Balaban J connectivity index is 1.27. The predicted octanol–water partition coefficient (Wildman–Crippen LogP) is 5.34. The molecule has 1 aliphatic rings. The summed E-state index contributed by atoms with van der Waals surface area (Å²) < 4.78 is 7.29. The molecule has 4 aromatic rings. The monoisotopic (exact) mass is 474 g/mol. The van der Waals surface area contributed by atoms with Crippen LogP contribution in [0.1, 0.15) is 64.6 Å². The second kappa shape index (κ2) is 9.77. The minimum absolute atomic E-state index is 0.151. The third kappa shape index (κ3) is 5.02. The van der Waals surface area contributed by atoms with Crippen molar-refractivity contribution in [1.29, 1.82) is 0 Å². The Bertz CT molecular complexity index is 1370. The van der Waals surface area contributed by atoms with Gasteiger partial charge in [0.2, 0.25) is 4.96 Å². The van der Waals surface area contributed by atoms with Crippen molar-refractivity contribution in [2.45, 2.75) is 51.6 Å². The van der Waals surface area contributed by atoms with Crippen LogP contribution in [-0.2, 0) is 6.61 Å². The van der Waals surface area contributed by atoms with Crippen molar-refractivity contribution in [2.75, 3.05) is 5.32 Å². The number of anilines is 1. The lowest BCUT2D eigenvalue weighted by Crippen LogP contribution is -2.17. The minimum atomic E-state index is -0.193. The fourth-order valence-corrected chi connectivity index (χ4v) is 5.28. The lowest BCUT2D eigenvalue weighted by Gasteiger charge is -2.18. The van der Waals surface area contributed by atoms with Crippen molar-refractivity contribution in [3.05, 3.63) is 86.8 Å². The van der Waals surface area contributed by atoms with Crippen LogP contribution in [0.15, 0.2) is 59.4 Å². The Labute approximate surface area is 201 Å². The second-order valence-electron chi connectivity index (χ2n) is 8.69. The number of carbonyl (C=O) groups is 1. The summed E-state index contributed by atoms with van der Waals surface area (Å²) in [5.74, 6) is 0.824. The van der Waals surface area contributed by atoms with Gasteiger partial charge in [-0.15, -0.1) is 0 Å². The topological polar surface area (TPSA) is 85.6 Å². The summed E-state index contributed by atoms with van der Waals surface area (Å²) in [5, 5.41) is 8.43. The number of hydrogen-bond donors (Lipinski definition) is 1. The average molecular weight is 475 g/mol. The summed E-state index contributed by atoms with van der Waals surface area (Å²) in [7, 11) is 0. The van der Waals surface area contributed by atoms with Crippen LogP contribution in [-0.4, -0.2) is 20.5 Å². The van der Waals surface area contributed by atoms with E-state index in [2.05, 4.69) is 15.4 Å². The molecule has 0 unspecified atom stereocenters. The van der Waals surface area contributed by atoms with E-state index in [1.165, 1.54) is 41.2 Å². The van der Waals surface area contributed by atoms with E-state index in [-0.39, 0.29) is 18.1 Å². The number of amides is 1. The normalized spacial score (nSPS) is 14.3. The molecule has 0 saturated heterocycles. The van der Waals surface area contributed by atoms with E-state index in [0.29, 0.717) is 33.6 Å². The first-order chi connectivity index (χ1) is 16.5. The van der Waals surface area contributed by atoms with E-state index in [9.17, 15) is 9.59 Å². The lowest BCUT2D eigenvalue weighted by molar-refractivity contribution is 0.102. The molecule has 34 heavy (non-hydrogen) atoms. The van der Waals surface area contributed by atoms with Gasteiger partial charge in [-0.05, 0) is 44.0 Å². The smallest absolute Gasteiger partial charge is 0.275 e. The maximum atomic E-state index is 12.6. The van der Waals surface area contributed by atoms with Crippen LogP contribution < -0.4 is 15.6 Å². The van der Waals surface area contributed by atoms with Crippen molar-refractivity contribution in [3.8, 4) is 5.75 Å². The summed E-state index contributed by atoms with van der Waals surface area (Å²) >= 11 is 1.50. The van der Waals surface area contributed by atoms with Crippen molar-refractivity contribution in [1.82, 2.24) is 14.6 Å². The molecule has 0 aliphatic heterocycles. The molecule has 0 atom stereocenters. The molecule has 0 bridgehead atoms. The maximum absolute atomic E-state index is 12.6. The molecule has 1 saturated carbocycles. The number of nitrogens with zero attached hydrogens (tertiary/aromatic N) is 3. The molecular weight excluding hydrogens is 448 g/mol. The van der Waals surface area contributed by atoms with E-state index in [4.69, 9.17) is 4.74 Å². The van der Waals surface area contributed by atoms with Gasteiger partial charge < -0.3 is 10.1 Å². The van der Waals surface area contributed by atoms with E-state index in [1.807, 2.05) is 25.1 Å². The highest BCUT2D eigenvalue weighted by atomic mass is 32.1. The minimum Gasteiger partial charge on any atom is -0.487 e. The number of benzene rings is 2. The molecule has 2 aromatic heterocycles. The number of nitrogens with one attached hydrogen (secondary N) is 1. The number of fused-ring (bicyclic) bond motifs is 1. The van der Waals surface area contributed by atoms with Gasteiger partial charge in [0.25, 0.3) is 11.5 Å². The standard InChI is InChI=1S/C26H26N4O3S/c1-17-10-12-18(13-11-17)24(32)27-20-8-5-9-22(14-20)33-16-21-15-23(31)30-26(28-21)34-25(29-30)19-6-3-2-4-7-19/h5,8-15,19H,2-4,6-7,16H2,1H3,(H,27,32). The van der Waals surface area contributed by atoms with Crippen molar-refractivity contribution >= 4 is 27.9 Å². The number of rotatable bonds is 6. The quantitative estimate of drug-likeness (QED) is 0.408. The summed E-state index contributed by atoms with van der Waals surface area (Å²) in [6.07, 6.45) is 5.96. The Kier molecular flexibility index (Phi) is 6.40. The van der Waals surface area contributed by atoms with Crippen molar-refractivity contribution in [3.63, 3.8) is 0 Å². The highest BCUT2D eigenvalue weighted by Gasteiger charge is 2.20. The van der Waals surface area contributed by atoms with Gasteiger partial charge in [0.05, 0.1) is 5.69 Å². The van der Waals surface area contributed by atoms with Crippen LogP contribution in [0.3, 0.4) is 0 Å². The fraction of sp³-hybridized carbons (Fsp3) is 0.308. The van der Waals surface area contributed by atoms with Crippen LogP contribution >= 0.6 is 11.3 Å². The van der Waals surface area contributed by atoms with Gasteiger partial charge >= 0.3 is 0 Å². The number of aromatic nitrogens is 3. The van der Waals surface area contributed by atoms with Crippen LogP contribution in [0.4, 0.5) is 5.69 Å². The molecule has 174 valence electrons. The Morgan fingerprint density at radius 3 is 2.71 bits per heavy atom. The van der Waals surface area contributed by atoms with Crippen LogP contribution in [0.2, 0.25) is 0 Å². The highest BCUT2D eigenvalue weighted by Crippen LogP contribution is 2.34. The van der Waals surface area contributed by atoms with Gasteiger partial charge in [0, 0.05) is 29.3 Å². The number of aryl methyl sites for hydroxylation is 1. The van der Waals surface area contributed by atoms with Crippen LogP contribution in [0.25, 0.3) is 4.96 Å². The summed E-state index contributed by atoms with van der Waals surface area (Å²) in [4.78, 5) is 30.3. The molecule has 7 nitrogen and oxygen atoms in total. The first kappa shape index (κ1) is 22.3. The van der Waals surface area contributed by atoms with Crippen LogP contribution in [0, 0.1) is 6.92 Å². The third-order valence-electron chi connectivity index (χ3n) is 6.06. The molecule has 1 aliphatic carbocycles. The van der Waals surface area contributed by atoms with Gasteiger partial charge in [0.15, 0.2) is 0 Å². The van der Waals surface area contributed by atoms with Crippen LogP contribution in [0.5, 0.6) is 5.75 Å². The number of ether oxygens (including phenoxy) is 1. The summed E-state index contributed by atoms with van der Waals surface area (Å²) in [5.41, 5.74) is 2.68. The van der Waals surface area contributed by atoms with E-state index >= 15 is 0 Å². The average Bonchev–Trinajstić information content (AvgIpc) is 3.29. The molecular formula is C26H26N4O3S. The molecule has 0 spiro atoms. The Hall–Kier alpha value is -3.52. The first-order valence-corrected chi connectivity index (χ1v) is 12.4. The second-order valence-corrected chi connectivity index (χ2v) is 9.68.